The first-order valence-corrected chi connectivity index (χ1v) is 9.46. The lowest BCUT2D eigenvalue weighted by atomic mass is 10.2. The summed E-state index contributed by atoms with van der Waals surface area (Å²) in [7, 11) is -6.39. The fourth-order valence-electron chi connectivity index (χ4n) is 1.48. The zero-order chi connectivity index (χ0) is 16.4. The molecular weight excluding hydrogens is 363 g/mol. The lowest BCUT2D eigenvalue weighted by molar-refractivity contribution is 0.217. The van der Waals surface area contributed by atoms with E-state index in [0.29, 0.717) is 0 Å². The van der Waals surface area contributed by atoms with E-state index in [1.165, 1.54) is 14.0 Å². The van der Waals surface area contributed by atoms with Gasteiger partial charge in [-0.25, -0.2) is 22.0 Å². The molecule has 1 aromatic rings. The fraction of sp³-hybridized carbons (Fsp3) is 0.400. The maximum atomic E-state index is 11.8. The molecule has 21 heavy (non-hydrogen) atoms. The first kappa shape index (κ1) is 18.5. The van der Waals surface area contributed by atoms with Gasteiger partial charge in [-0.05, 0) is 18.6 Å². The van der Waals surface area contributed by atoms with E-state index in [1.54, 1.807) is 0 Å². The van der Waals surface area contributed by atoms with E-state index < -0.39 is 20.0 Å². The Balaban J connectivity index is 3.32. The van der Waals surface area contributed by atoms with Gasteiger partial charge in [0, 0.05) is 7.11 Å². The Morgan fingerprint density at radius 1 is 1.29 bits per heavy atom. The number of methoxy groups -OCH3 is 1. The topological polar surface area (TPSA) is 116 Å². The molecule has 0 spiro atoms. The average Bonchev–Trinajstić information content (AvgIpc) is 2.35. The second kappa shape index (κ2) is 6.67. The molecule has 0 aliphatic rings. The molecule has 0 aliphatic carbocycles. The van der Waals surface area contributed by atoms with E-state index in [9.17, 15) is 16.8 Å². The normalized spacial score (nSPS) is 12.4. The van der Waals surface area contributed by atoms with Crippen molar-refractivity contribution in [3.8, 4) is 0 Å². The van der Waals surface area contributed by atoms with Crippen LogP contribution in [0.15, 0.2) is 11.0 Å². The van der Waals surface area contributed by atoms with Gasteiger partial charge in [-0.2, -0.15) is 0 Å². The molecule has 1 aromatic carbocycles. The Morgan fingerprint density at radius 2 is 1.86 bits per heavy atom. The molecule has 0 aliphatic heterocycles. The van der Waals surface area contributed by atoms with Crippen molar-refractivity contribution >= 4 is 48.9 Å². The van der Waals surface area contributed by atoms with E-state index in [2.05, 4.69) is 9.46 Å². The summed E-state index contributed by atoms with van der Waals surface area (Å²) >= 11 is 11.9. The van der Waals surface area contributed by atoms with Gasteiger partial charge in [-0.1, -0.05) is 23.2 Å². The maximum Gasteiger partial charge on any atom is 0.238 e. The van der Waals surface area contributed by atoms with E-state index in [1.807, 2.05) is 0 Å². The third-order valence-electron chi connectivity index (χ3n) is 2.54. The zero-order valence-electron chi connectivity index (χ0n) is 11.2. The summed E-state index contributed by atoms with van der Waals surface area (Å²) in [6.07, 6.45) is 0. The number of anilines is 1. The van der Waals surface area contributed by atoms with Gasteiger partial charge >= 0.3 is 0 Å². The van der Waals surface area contributed by atoms with Crippen molar-refractivity contribution in [2.45, 2.75) is 11.8 Å². The minimum absolute atomic E-state index is 0.0151. The molecular formula is C10H14Cl2N2O5S2. The highest BCUT2D eigenvalue weighted by atomic mass is 35.5. The first-order chi connectivity index (χ1) is 9.49. The van der Waals surface area contributed by atoms with Gasteiger partial charge in [0.15, 0.2) is 0 Å². The van der Waals surface area contributed by atoms with Gasteiger partial charge in [0.25, 0.3) is 0 Å². The van der Waals surface area contributed by atoms with Gasteiger partial charge in [-0.15, -0.1) is 0 Å². The summed E-state index contributed by atoms with van der Waals surface area (Å²) < 4.78 is 53.3. The van der Waals surface area contributed by atoms with E-state index in [4.69, 9.17) is 28.3 Å². The highest BCUT2D eigenvalue weighted by molar-refractivity contribution is 7.92. The molecule has 0 aromatic heterocycles. The Kier molecular flexibility index (Phi) is 5.87. The van der Waals surface area contributed by atoms with Crippen LogP contribution < -0.4 is 9.86 Å². The molecule has 0 atom stereocenters. The first-order valence-electron chi connectivity index (χ1n) is 5.50. The summed E-state index contributed by atoms with van der Waals surface area (Å²) in [6, 6.07) is 1.05. The number of primary sulfonamides is 1. The van der Waals surface area contributed by atoms with Crippen molar-refractivity contribution in [3.63, 3.8) is 0 Å². The highest BCUT2D eigenvalue weighted by Crippen LogP contribution is 2.37. The molecule has 0 bridgehead atoms. The largest absolute Gasteiger partial charge is 0.384 e. The summed E-state index contributed by atoms with van der Waals surface area (Å²) in [6.45, 7) is 1.38. The third-order valence-corrected chi connectivity index (χ3v) is 5.56. The monoisotopic (exact) mass is 376 g/mol. The minimum Gasteiger partial charge on any atom is -0.384 e. The molecule has 120 valence electrons. The number of nitrogens with two attached hydrogens (primary N) is 1. The van der Waals surface area contributed by atoms with E-state index >= 15 is 0 Å². The van der Waals surface area contributed by atoms with Crippen LogP contribution in [0.2, 0.25) is 10.0 Å². The van der Waals surface area contributed by atoms with Crippen LogP contribution in [-0.2, 0) is 24.8 Å². The molecule has 0 heterocycles. The van der Waals surface area contributed by atoms with Crippen LogP contribution in [0, 0.1) is 6.92 Å². The predicted octanol–water partition coefficient (Wildman–Crippen LogP) is 1.34. The van der Waals surface area contributed by atoms with Gasteiger partial charge < -0.3 is 4.74 Å². The zero-order valence-corrected chi connectivity index (χ0v) is 14.3. The van der Waals surface area contributed by atoms with E-state index in [-0.39, 0.29) is 38.6 Å². The fourth-order valence-corrected chi connectivity index (χ4v) is 4.09. The van der Waals surface area contributed by atoms with Crippen LogP contribution in [-0.4, -0.2) is 36.3 Å². The number of hydrogen-bond acceptors (Lipinski definition) is 5. The lowest BCUT2D eigenvalue weighted by Gasteiger charge is -2.15. The number of halogens is 2. The molecule has 11 heteroatoms. The number of ether oxygens (including phenoxy) is 1. The third kappa shape index (κ3) is 4.70. The van der Waals surface area contributed by atoms with Crippen LogP contribution >= 0.6 is 23.2 Å². The van der Waals surface area contributed by atoms with Crippen molar-refractivity contribution in [3.05, 3.63) is 21.7 Å². The molecule has 0 fully saturated rings. The van der Waals surface area contributed by atoms with Gasteiger partial charge in [-0.3, -0.25) is 4.72 Å². The summed E-state index contributed by atoms with van der Waals surface area (Å²) in [5, 5.41) is 4.74. The maximum absolute atomic E-state index is 11.8. The standard InChI is InChI=1S/C10H14Cl2N2O5S2/c1-6-8(21(13,17)18)5-7(11)10(9(6)12)14-20(15,16)4-3-19-2/h5,14H,3-4H2,1-2H3,(H2,13,17,18). The van der Waals surface area contributed by atoms with Crippen LogP contribution in [0.3, 0.4) is 0 Å². The number of rotatable bonds is 6. The SMILES string of the molecule is COCCS(=O)(=O)Nc1c(Cl)cc(S(N)(=O)=O)c(C)c1Cl. The summed E-state index contributed by atoms with van der Waals surface area (Å²) in [5.41, 5.74) is 0.00680. The second-order valence-electron chi connectivity index (χ2n) is 4.13. The van der Waals surface area contributed by atoms with Crippen LogP contribution in [0.1, 0.15) is 5.56 Å². The van der Waals surface area contributed by atoms with Gasteiger partial charge in [0.2, 0.25) is 20.0 Å². The number of nitrogens with one attached hydrogen (secondary N) is 1. The average molecular weight is 377 g/mol. The van der Waals surface area contributed by atoms with Gasteiger partial charge in [0.1, 0.15) is 0 Å². The molecule has 0 radical (unpaired) electrons. The van der Waals surface area contributed by atoms with Crippen molar-refractivity contribution in [1.29, 1.82) is 0 Å². The van der Waals surface area contributed by atoms with Crippen molar-refractivity contribution in [2.75, 3.05) is 24.2 Å². The lowest BCUT2D eigenvalue weighted by Crippen LogP contribution is -2.21. The van der Waals surface area contributed by atoms with Crippen molar-refractivity contribution in [2.24, 2.45) is 5.14 Å². The van der Waals surface area contributed by atoms with Crippen LogP contribution in [0.25, 0.3) is 0 Å². The summed E-state index contributed by atoms with van der Waals surface area (Å²) in [4.78, 5) is -0.266. The molecule has 0 saturated heterocycles. The molecule has 0 amide bonds. The predicted molar refractivity (Wildman–Crippen MR) is 81.9 cm³/mol. The van der Waals surface area contributed by atoms with Crippen LogP contribution in [0.4, 0.5) is 5.69 Å². The highest BCUT2D eigenvalue weighted by Gasteiger charge is 2.22. The molecule has 0 saturated carbocycles. The molecule has 1 rings (SSSR count). The Bertz CT molecular complexity index is 747. The smallest absolute Gasteiger partial charge is 0.238 e. The number of benzene rings is 1. The van der Waals surface area contributed by atoms with Crippen LogP contribution in [0.5, 0.6) is 0 Å². The van der Waals surface area contributed by atoms with Crippen molar-refractivity contribution in [1.82, 2.24) is 0 Å². The Morgan fingerprint density at radius 3 is 2.33 bits per heavy atom. The Labute approximate surface area is 133 Å². The molecule has 3 N–H and O–H groups in total. The van der Waals surface area contributed by atoms with Crippen molar-refractivity contribution < 1.29 is 21.6 Å². The minimum atomic E-state index is -4.02. The van der Waals surface area contributed by atoms with Gasteiger partial charge in [0.05, 0.1) is 33.0 Å². The summed E-state index contributed by atoms with van der Waals surface area (Å²) in [5.74, 6) is -0.299. The van der Waals surface area contributed by atoms with E-state index in [0.717, 1.165) is 6.07 Å². The molecule has 0 unspecified atom stereocenters. The Hall–Kier alpha value is -0.580. The molecule has 7 nitrogen and oxygen atoms in total. The second-order valence-corrected chi connectivity index (χ2v) is 8.29. The quantitative estimate of drug-likeness (QED) is 0.776. The number of sulfonamides is 2. The number of hydrogen-bond donors (Lipinski definition) is 2.